The van der Waals surface area contributed by atoms with E-state index in [-0.39, 0.29) is 42.0 Å². The summed E-state index contributed by atoms with van der Waals surface area (Å²) in [4.78, 5) is 27.4. The normalized spacial score (nSPS) is 19.5. The van der Waals surface area contributed by atoms with Crippen LogP contribution >= 0.6 is 0 Å². The SMILES string of the molecule is COc1ccccc1C(=O)Nc1ccc(OCC(=O)N(C2CCCC2)C2CCS(=O)(=O)C2)cc1. The van der Waals surface area contributed by atoms with Crippen LogP contribution in [0.3, 0.4) is 0 Å². The van der Waals surface area contributed by atoms with Crippen molar-refractivity contribution in [3.8, 4) is 11.5 Å². The van der Waals surface area contributed by atoms with E-state index in [0.717, 1.165) is 25.7 Å². The Morgan fingerprint density at radius 3 is 2.35 bits per heavy atom. The Labute approximate surface area is 200 Å². The maximum atomic E-state index is 13.1. The van der Waals surface area contributed by atoms with Gasteiger partial charge in [-0.15, -0.1) is 0 Å². The molecule has 0 aromatic heterocycles. The average Bonchev–Trinajstić information content (AvgIpc) is 3.48. The zero-order chi connectivity index (χ0) is 24.1. The molecule has 0 radical (unpaired) electrons. The van der Waals surface area contributed by atoms with E-state index in [1.807, 2.05) is 0 Å². The van der Waals surface area contributed by atoms with Crippen molar-refractivity contribution < 1.29 is 27.5 Å². The quantitative estimate of drug-likeness (QED) is 0.614. The molecule has 0 spiro atoms. The molecule has 2 aromatic rings. The highest BCUT2D eigenvalue weighted by Crippen LogP contribution is 2.29. The topological polar surface area (TPSA) is 102 Å². The molecule has 8 nitrogen and oxygen atoms in total. The molecule has 4 rings (SSSR count). The van der Waals surface area contributed by atoms with Gasteiger partial charge < -0.3 is 19.7 Å². The van der Waals surface area contributed by atoms with Crippen LogP contribution in [-0.2, 0) is 14.6 Å². The van der Waals surface area contributed by atoms with Gasteiger partial charge in [0.1, 0.15) is 11.5 Å². The lowest BCUT2D eigenvalue weighted by atomic mass is 10.1. The van der Waals surface area contributed by atoms with Gasteiger partial charge in [0.15, 0.2) is 16.4 Å². The van der Waals surface area contributed by atoms with E-state index in [2.05, 4.69) is 5.32 Å². The van der Waals surface area contributed by atoms with E-state index < -0.39 is 9.84 Å². The number of ether oxygens (including phenoxy) is 2. The van der Waals surface area contributed by atoms with Crippen LogP contribution in [0.2, 0.25) is 0 Å². The molecular weight excluding hydrogens is 456 g/mol. The minimum absolute atomic E-state index is 0.0375. The standard InChI is InChI=1S/C25H30N2O6S/c1-32-23-9-5-4-8-22(23)25(29)26-18-10-12-21(13-11-18)33-16-24(28)27(19-6-2-3-7-19)20-14-15-34(30,31)17-20/h4-5,8-13,19-20H,2-3,6-7,14-17H2,1H3,(H,26,29). The summed E-state index contributed by atoms with van der Waals surface area (Å²) < 4.78 is 34.9. The fourth-order valence-electron chi connectivity index (χ4n) is 4.77. The second-order valence-corrected chi connectivity index (χ2v) is 11.0. The molecule has 1 unspecified atom stereocenters. The fraction of sp³-hybridized carbons (Fsp3) is 0.440. The number of nitrogens with one attached hydrogen (secondary N) is 1. The molecule has 0 bridgehead atoms. The number of hydrogen-bond acceptors (Lipinski definition) is 6. The lowest BCUT2D eigenvalue weighted by molar-refractivity contribution is -0.137. The summed E-state index contributed by atoms with van der Waals surface area (Å²) >= 11 is 0. The first kappa shape index (κ1) is 24.1. The summed E-state index contributed by atoms with van der Waals surface area (Å²) in [5.74, 6) is 0.685. The number of carbonyl (C=O) groups is 2. The molecule has 182 valence electrons. The van der Waals surface area contributed by atoms with Crippen molar-refractivity contribution in [2.75, 3.05) is 30.5 Å². The second kappa shape index (κ2) is 10.5. The Hall–Kier alpha value is -3.07. The van der Waals surface area contributed by atoms with Crippen molar-refractivity contribution in [1.29, 1.82) is 0 Å². The van der Waals surface area contributed by atoms with Gasteiger partial charge in [-0.3, -0.25) is 9.59 Å². The Kier molecular flexibility index (Phi) is 7.41. The van der Waals surface area contributed by atoms with Crippen LogP contribution in [0.15, 0.2) is 48.5 Å². The van der Waals surface area contributed by atoms with Gasteiger partial charge >= 0.3 is 0 Å². The van der Waals surface area contributed by atoms with Crippen LogP contribution < -0.4 is 14.8 Å². The molecule has 1 saturated heterocycles. The summed E-state index contributed by atoms with van der Waals surface area (Å²) in [6, 6.07) is 13.6. The van der Waals surface area contributed by atoms with Crippen molar-refractivity contribution >= 4 is 27.3 Å². The highest BCUT2D eigenvalue weighted by Gasteiger charge is 2.39. The van der Waals surface area contributed by atoms with Gasteiger partial charge in [-0.25, -0.2) is 8.42 Å². The number of anilines is 1. The van der Waals surface area contributed by atoms with E-state index in [9.17, 15) is 18.0 Å². The Morgan fingerprint density at radius 2 is 1.71 bits per heavy atom. The van der Waals surface area contributed by atoms with Gasteiger partial charge in [-0.1, -0.05) is 25.0 Å². The number of rotatable bonds is 8. The van der Waals surface area contributed by atoms with E-state index in [0.29, 0.717) is 29.2 Å². The van der Waals surface area contributed by atoms with Crippen molar-refractivity contribution in [1.82, 2.24) is 4.90 Å². The van der Waals surface area contributed by atoms with Gasteiger partial charge in [-0.2, -0.15) is 0 Å². The van der Waals surface area contributed by atoms with E-state index >= 15 is 0 Å². The minimum Gasteiger partial charge on any atom is -0.496 e. The molecule has 1 N–H and O–H groups in total. The Balaban J connectivity index is 1.36. The number of para-hydroxylation sites is 1. The summed E-state index contributed by atoms with van der Waals surface area (Å²) in [6.45, 7) is -0.153. The lowest BCUT2D eigenvalue weighted by Gasteiger charge is -2.34. The van der Waals surface area contributed by atoms with Gasteiger partial charge in [0.2, 0.25) is 0 Å². The van der Waals surface area contributed by atoms with Crippen molar-refractivity contribution in [3.63, 3.8) is 0 Å². The maximum Gasteiger partial charge on any atom is 0.261 e. The second-order valence-electron chi connectivity index (χ2n) is 8.76. The largest absolute Gasteiger partial charge is 0.496 e. The van der Waals surface area contributed by atoms with Gasteiger partial charge in [-0.05, 0) is 55.7 Å². The average molecular weight is 487 g/mol. The molecule has 34 heavy (non-hydrogen) atoms. The molecule has 1 aliphatic heterocycles. The fourth-order valence-corrected chi connectivity index (χ4v) is 6.48. The zero-order valence-corrected chi connectivity index (χ0v) is 20.1. The third-order valence-electron chi connectivity index (χ3n) is 6.43. The Bertz CT molecular complexity index is 1130. The van der Waals surface area contributed by atoms with Crippen LogP contribution in [0.4, 0.5) is 5.69 Å². The van der Waals surface area contributed by atoms with Crippen molar-refractivity contribution in [2.45, 2.75) is 44.2 Å². The van der Waals surface area contributed by atoms with Crippen LogP contribution in [0.1, 0.15) is 42.5 Å². The summed E-state index contributed by atoms with van der Waals surface area (Å²) in [7, 11) is -1.57. The number of amides is 2. The zero-order valence-electron chi connectivity index (χ0n) is 19.2. The summed E-state index contributed by atoms with van der Waals surface area (Å²) in [6.07, 6.45) is 4.41. The molecule has 1 atom stereocenters. The third-order valence-corrected chi connectivity index (χ3v) is 8.18. The highest BCUT2D eigenvalue weighted by molar-refractivity contribution is 7.91. The first-order valence-corrected chi connectivity index (χ1v) is 13.4. The number of nitrogens with zero attached hydrogens (tertiary/aromatic N) is 1. The van der Waals surface area contributed by atoms with E-state index in [1.165, 1.54) is 7.11 Å². The number of benzene rings is 2. The number of hydrogen-bond donors (Lipinski definition) is 1. The van der Waals surface area contributed by atoms with Gasteiger partial charge in [0.25, 0.3) is 11.8 Å². The maximum absolute atomic E-state index is 13.1. The monoisotopic (exact) mass is 486 g/mol. The summed E-state index contributed by atoms with van der Waals surface area (Å²) in [5, 5.41) is 2.82. The molecular formula is C25H30N2O6S. The lowest BCUT2D eigenvalue weighted by Crippen LogP contribution is -2.48. The van der Waals surface area contributed by atoms with Gasteiger partial charge in [0, 0.05) is 17.8 Å². The molecule has 9 heteroatoms. The molecule has 2 aliphatic rings. The molecule has 2 fully saturated rings. The number of sulfone groups is 1. The minimum atomic E-state index is -3.09. The smallest absolute Gasteiger partial charge is 0.261 e. The van der Waals surface area contributed by atoms with Gasteiger partial charge in [0.05, 0.1) is 24.2 Å². The van der Waals surface area contributed by atoms with E-state index in [4.69, 9.17) is 9.47 Å². The van der Waals surface area contributed by atoms with Crippen LogP contribution in [-0.4, -0.2) is 62.4 Å². The predicted molar refractivity (Wildman–Crippen MR) is 129 cm³/mol. The van der Waals surface area contributed by atoms with Crippen LogP contribution in [0.25, 0.3) is 0 Å². The molecule has 2 aromatic carbocycles. The molecule has 1 saturated carbocycles. The van der Waals surface area contributed by atoms with E-state index in [1.54, 1.807) is 53.4 Å². The number of methoxy groups -OCH3 is 1. The predicted octanol–water partition coefficient (Wildman–Crippen LogP) is 3.28. The molecule has 1 heterocycles. The summed E-state index contributed by atoms with van der Waals surface area (Å²) in [5.41, 5.74) is 1.01. The van der Waals surface area contributed by atoms with Crippen LogP contribution in [0, 0.1) is 0 Å². The molecule has 2 amide bonds. The number of carbonyl (C=O) groups excluding carboxylic acids is 2. The van der Waals surface area contributed by atoms with Crippen LogP contribution in [0.5, 0.6) is 11.5 Å². The molecule has 1 aliphatic carbocycles. The highest BCUT2D eigenvalue weighted by atomic mass is 32.2. The third kappa shape index (κ3) is 5.70. The Morgan fingerprint density at radius 1 is 1.00 bits per heavy atom. The van der Waals surface area contributed by atoms with Crippen molar-refractivity contribution in [3.05, 3.63) is 54.1 Å². The van der Waals surface area contributed by atoms with Crippen molar-refractivity contribution in [2.24, 2.45) is 0 Å². The first-order valence-electron chi connectivity index (χ1n) is 11.5. The first-order chi connectivity index (χ1) is 16.4.